The molecule has 4 rings (SSSR count). The fourth-order valence-electron chi connectivity index (χ4n) is 7.01. The second kappa shape index (κ2) is 5.04. The molecule has 0 saturated heterocycles. The van der Waals surface area contributed by atoms with E-state index in [-0.39, 0.29) is 21.3 Å². The Balaban J connectivity index is 1.76. The van der Waals surface area contributed by atoms with Crippen LogP contribution in [0.15, 0.2) is 0 Å². The van der Waals surface area contributed by atoms with Gasteiger partial charge in [-0.2, -0.15) is 0 Å². The fraction of sp³-hybridized carbons (Fsp3) is 0.947. The summed E-state index contributed by atoms with van der Waals surface area (Å²) in [5, 5.41) is 21.3. The monoisotopic (exact) mass is 384 g/mol. The first-order valence-electron chi connectivity index (χ1n) is 9.32. The Labute approximate surface area is 147 Å². The SMILES string of the molecule is C[C@]12CC[C@H](O)C[C@@H]1CC[C@H]1[C@@H]3CCC(=O)[C@@]3(C)C[C@H](O)[C@@]12Br. The van der Waals surface area contributed by atoms with Crippen molar-refractivity contribution < 1.29 is 15.0 Å². The highest BCUT2D eigenvalue weighted by molar-refractivity contribution is 9.10. The summed E-state index contributed by atoms with van der Waals surface area (Å²) in [6.45, 7) is 4.43. The smallest absolute Gasteiger partial charge is 0.139 e. The van der Waals surface area contributed by atoms with E-state index in [4.69, 9.17) is 0 Å². The summed E-state index contributed by atoms with van der Waals surface area (Å²) in [5.41, 5.74) is -0.305. The lowest BCUT2D eigenvalue weighted by Gasteiger charge is -2.66. The molecule has 0 bridgehead atoms. The summed E-state index contributed by atoms with van der Waals surface area (Å²) in [5.74, 6) is 1.61. The molecule has 130 valence electrons. The van der Waals surface area contributed by atoms with Crippen LogP contribution < -0.4 is 0 Å². The predicted molar refractivity (Wildman–Crippen MR) is 92.3 cm³/mol. The highest BCUT2D eigenvalue weighted by Gasteiger charge is 2.69. The van der Waals surface area contributed by atoms with E-state index in [0.29, 0.717) is 36.4 Å². The first-order chi connectivity index (χ1) is 10.7. The van der Waals surface area contributed by atoms with Gasteiger partial charge in [-0.25, -0.2) is 0 Å². The van der Waals surface area contributed by atoms with Gasteiger partial charge in [0.25, 0.3) is 0 Å². The van der Waals surface area contributed by atoms with Crippen molar-refractivity contribution in [2.75, 3.05) is 0 Å². The van der Waals surface area contributed by atoms with Crippen LogP contribution in [-0.2, 0) is 4.79 Å². The number of aliphatic hydroxyl groups is 2. The molecule has 4 aliphatic rings. The van der Waals surface area contributed by atoms with E-state index in [9.17, 15) is 15.0 Å². The first kappa shape index (κ1) is 16.5. The lowest BCUT2D eigenvalue weighted by molar-refractivity contribution is -0.157. The minimum Gasteiger partial charge on any atom is -0.393 e. The number of hydrogen-bond donors (Lipinski definition) is 2. The van der Waals surface area contributed by atoms with E-state index in [1.807, 2.05) is 0 Å². The topological polar surface area (TPSA) is 57.5 Å². The average Bonchev–Trinajstić information content (AvgIpc) is 2.77. The van der Waals surface area contributed by atoms with Crippen LogP contribution in [0.5, 0.6) is 0 Å². The quantitative estimate of drug-likeness (QED) is 0.628. The Kier molecular flexibility index (Phi) is 3.63. The van der Waals surface area contributed by atoms with Crippen LogP contribution in [0.3, 0.4) is 0 Å². The molecule has 0 spiro atoms. The maximum Gasteiger partial charge on any atom is 0.139 e. The minimum absolute atomic E-state index is 0.0154. The lowest BCUT2D eigenvalue weighted by atomic mass is 9.44. The molecular weight excluding hydrogens is 356 g/mol. The van der Waals surface area contributed by atoms with E-state index in [2.05, 4.69) is 29.8 Å². The number of rotatable bonds is 0. The summed E-state index contributed by atoms with van der Waals surface area (Å²) in [7, 11) is 0. The van der Waals surface area contributed by atoms with Crippen molar-refractivity contribution in [2.45, 2.75) is 81.7 Å². The molecule has 0 amide bonds. The summed E-state index contributed by atoms with van der Waals surface area (Å²) in [6, 6.07) is 0. The molecule has 3 nitrogen and oxygen atoms in total. The number of alkyl halides is 1. The van der Waals surface area contributed by atoms with Crippen molar-refractivity contribution in [1.82, 2.24) is 0 Å². The molecule has 0 aliphatic heterocycles. The Morgan fingerprint density at radius 1 is 1.09 bits per heavy atom. The van der Waals surface area contributed by atoms with Crippen LogP contribution in [0.4, 0.5) is 0 Å². The largest absolute Gasteiger partial charge is 0.393 e. The number of hydrogen-bond acceptors (Lipinski definition) is 3. The number of Topliss-reactive ketones (excluding diaryl/α,β-unsaturated/α-hetero) is 1. The van der Waals surface area contributed by atoms with Gasteiger partial charge in [0.15, 0.2) is 0 Å². The van der Waals surface area contributed by atoms with Gasteiger partial charge in [0.1, 0.15) is 5.78 Å². The second-order valence-corrected chi connectivity index (χ2v) is 10.5. The van der Waals surface area contributed by atoms with Crippen LogP contribution in [-0.4, -0.2) is 32.5 Å². The average molecular weight is 385 g/mol. The van der Waals surface area contributed by atoms with Crippen LogP contribution >= 0.6 is 15.9 Å². The predicted octanol–water partition coefficient (Wildman–Crippen LogP) is 3.45. The van der Waals surface area contributed by atoms with E-state index in [1.54, 1.807) is 0 Å². The Morgan fingerprint density at radius 2 is 1.83 bits per heavy atom. The molecule has 4 heteroatoms. The molecule has 4 saturated carbocycles. The van der Waals surface area contributed by atoms with E-state index in [1.165, 1.54) is 0 Å². The molecule has 4 aliphatic carbocycles. The van der Waals surface area contributed by atoms with Crippen molar-refractivity contribution in [3.8, 4) is 0 Å². The zero-order valence-corrected chi connectivity index (χ0v) is 15.8. The van der Waals surface area contributed by atoms with Gasteiger partial charge >= 0.3 is 0 Å². The van der Waals surface area contributed by atoms with Gasteiger partial charge < -0.3 is 10.2 Å². The van der Waals surface area contributed by atoms with Gasteiger partial charge in [-0.15, -0.1) is 0 Å². The van der Waals surface area contributed by atoms with Gasteiger partial charge in [-0.05, 0) is 68.1 Å². The van der Waals surface area contributed by atoms with Gasteiger partial charge in [-0.3, -0.25) is 4.79 Å². The Hall–Kier alpha value is 0.0700. The van der Waals surface area contributed by atoms with Crippen molar-refractivity contribution in [1.29, 1.82) is 0 Å². The second-order valence-electron chi connectivity index (χ2n) is 9.20. The number of ketones is 1. The number of fused-ring (bicyclic) bond motifs is 5. The number of carbonyl (C=O) groups is 1. The molecule has 2 N–H and O–H groups in total. The van der Waals surface area contributed by atoms with Crippen molar-refractivity contribution in [3.05, 3.63) is 0 Å². The Bertz CT molecular complexity index is 537. The van der Waals surface area contributed by atoms with Crippen LogP contribution in [0.1, 0.15) is 65.2 Å². The molecular formula is C19H29BrO3. The third kappa shape index (κ3) is 1.92. The van der Waals surface area contributed by atoms with Gasteiger partial charge in [-0.1, -0.05) is 29.8 Å². The highest BCUT2D eigenvalue weighted by Crippen LogP contribution is 2.70. The highest BCUT2D eigenvalue weighted by atomic mass is 79.9. The number of carbonyl (C=O) groups excluding carboxylic acids is 1. The van der Waals surface area contributed by atoms with Gasteiger partial charge in [0, 0.05) is 11.8 Å². The lowest BCUT2D eigenvalue weighted by Crippen LogP contribution is -2.68. The molecule has 4 fully saturated rings. The summed E-state index contributed by atoms with van der Waals surface area (Å²) in [4.78, 5) is 12.5. The summed E-state index contributed by atoms with van der Waals surface area (Å²) < 4.78 is -0.294. The van der Waals surface area contributed by atoms with Crippen LogP contribution in [0.2, 0.25) is 0 Å². The van der Waals surface area contributed by atoms with Crippen LogP contribution in [0, 0.1) is 28.6 Å². The maximum absolute atomic E-state index is 12.5. The van der Waals surface area contributed by atoms with E-state index < -0.39 is 6.10 Å². The van der Waals surface area contributed by atoms with E-state index >= 15 is 0 Å². The van der Waals surface area contributed by atoms with Crippen molar-refractivity contribution >= 4 is 21.7 Å². The fourth-order valence-corrected chi connectivity index (χ4v) is 8.24. The third-order valence-corrected chi connectivity index (χ3v) is 10.4. The molecule has 0 heterocycles. The van der Waals surface area contributed by atoms with Crippen molar-refractivity contribution in [3.63, 3.8) is 0 Å². The van der Waals surface area contributed by atoms with Gasteiger partial charge in [0.05, 0.1) is 16.5 Å². The van der Waals surface area contributed by atoms with Crippen LogP contribution in [0.25, 0.3) is 0 Å². The third-order valence-electron chi connectivity index (χ3n) is 8.42. The first-order valence-corrected chi connectivity index (χ1v) is 10.1. The van der Waals surface area contributed by atoms with E-state index in [0.717, 1.165) is 38.5 Å². The number of halogens is 1. The minimum atomic E-state index is -0.473. The zero-order valence-electron chi connectivity index (χ0n) is 14.2. The van der Waals surface area contributed by atoms with Gasteiger partial charge in [0.2, 0.25) is 0 Å². The summed E-state index contributed by atoms with van der Waals surface area (Å²) in [6.07, 6.45) is 6.49. The molecule has 0 radical (unpaired) electrons. The zero-order chi connectivity index (χ0) is 16.6. The normalized spacial score (nSPS) is 59.2. The Morgan fingerprint density at radius 3 is 2.57 bits per heavy atom. The molecule has 0 unspecified atom stereocenters. The molecule has 23 heavy (non-hydrogen) atoms. The molecule has 0 aromatic rings. The number of aliphatic hydroxyl groups excluding tert-OH is 2. The molecule has 0 aromatic heterocycles. The molecule has 0 aromatic carbocycles. The maximum atomic E-state index is 12.5. The standard InChI is InChI=1S/C19H29BrO3/c1-17-10-16(23)19(20)14(13(17)5-6-15(17)22)4-3-11-9-12(21)7-8-18(11,19)2/h11-14,16,21,23H,3-10H2,1-2H3/t11-,12-,13-,14-,16-,17-,18-,19-/m0/s1. The summed E-state index contributed by atoms with van der Waals surface area (Å²) >= 11 is 4.09. The van der Waals surface area contributed by atoms with Crippen molar-refractivity contribution in [2.24, 2.45) is 28.6 Å². The molecule has 8 atom stereocenters.